The summed E-state index contributed by atoms with van der Waals surface area (Å²) in [6, 6.07) is 0. The van der Waals surface area contributed by atoms with Crippen molar-refractivity contribution in [2.24, 2.45) is 0 Å². The summed E-state index contributed by atoms with van der Waals surface area (Å²) >= 11 is 0.911. The van der Waals surface area contributed by atoms with Gasteiger partial charge in [-0.1, -0.05) is 0 Å². The van der Waals surface area contributed by atoms with Crippen LogP contribution in [0, 0.1) is 0 Å². The normalized spacial score (nSPS) is 1.40. The average Bonchev–Trinajstić information content (AvgIpc) is 1.50. The van der Waals surface area contributed by atoms with E-state index < -0.39 is 0 Å². The van der Waals surface area contributed by atoms with Gasteiger partial charge in [0.15, 0.2) is 0 Å². The summed E-state index contributed by atoms with van der Waals surface area (Å²) in [5, 5.41) is 0. The van der Waals surface area contributed by atoms with Crippen molar-refractivity contribution in [2.45, 2.75) is 0 Å². The van der Waals surface area contributed by atoms with Gasteiger partial charge in [0, 0.05) is 19.5 Å². The maximum Gasteiger partial charge on any atom is 0 e. The Kier molecular flexibility index (Phi) is 153. The molecule has 22 valence electrons. The van der Waals surface area contributed by atoms with Crippen LogP contribution in [-0.4, -0.2) is 38.7 Å². The van der Waals surface area contributed by atoms with E-state index in [0.29, 0.717) is 38.7 Å². The summed E-state index contributed by atoms with van der Waals surface area (Å²) in [5.74, 6) is 0. The van der Waals surface area contributed by atoms with Gasteiger partial charge in [-0.2, -0.15) is 0 Å². The second-order valence-electron chi connectivity index (χ2n) is 0. The number of rotatable bonds is 0. The van der Waals surface area contributed by atoms with Crippen LogP contribution >= 0.6 is 0 Å². The van der Waals surface area contributed by atoms with Gasteiger partial charge < -0.3 is 0 Å². The largest absolute Gasteiger partial charge is 0 e. The molecule has 0 saturated heterocycles. The molecule has 0 saturated carbocycles. The minimum Gasteiger partial charge on any atom is 0 e. The van der Waals surface area contributed by atoms with Crippen molar-refractivity contribution in [1.82, 2.24) is 0 Å². The molecule has 0 amide bonds. The molecule has 0 aliphatic carbocycles. The van der Waals surface area contributed by atoms with Crippen LogP contribution in [0.25, 0.3) is 0 Å². The van der Waals surface area contributed by atoms with Crippen LogP contribution in [0.1, 0.15) is 0 Å². The zero-order chi connectivity index (χ0) is 4.00. The first-order chi connectivity index (χ1) is 2.00. The summed E-state index contributed by atoms with van der Waals surface area (Å²) < 4.78 is 16.6. The Hall–Kier alpha value is 1.55. The molecule has 0 aliphatic rings. The molecule has 5 heteroatoms. The summed E-state index contributed by atoms with van der Waals surface area (Å²) in [6.07, 6.45) is 0. The molecule has 0 aromatic heterocycles. The van der Waals surface area contributed by atoms with Crippen molar-refractivity contribution in [2.75, 3.05) is 0 Å². The Bertz CT molecular complexity index is 11.6. The topological polar surface area (TPSA) is 34.1 Å². The van der Waals surface area contributed by atoms with E-state index in [2.05, 4.69) is 0 Å². The minimum absolute atomic E-state index is 0. The van der Waals surface area contributed by atoms with E-state index >= 15 is 0 Å². The van der Waals surface area contributed by atoms with E-state index in [0.717, 1.165) is 0 Å². The van der Waals surface area contributed by atoms with Crippen LogP contribution in [-0.2, 0) is 26.4 Å². The summed E-state index contributed by atoms with van der Waals surface area (Å²) in [5.41, 5.74) is 0. The fourth-order valence-corrected chi connectivity index (χ4v) is 0. The van der Waals surface area contributed by atoms with Gasteiger partial charge >= 0.3 is 45.6 Å². The van der Waals surface area contributed by atoms with Gasteiger partial charge in [0.2, 0.25) is 0 Å². The molecule has 0 aromatic rings. The standard InChI is InChI=1S/Al.2O.Sn.Zn.H. The maximum absolute atomic E-state index is 8.34. The van der Waals surface area contributed by atoms with E-state index in [1.165, 1.54) is 0 Å². The van der Waals surface area contributed by atoms with Crippen LogP contribution in [0.3, 0.4) is 0 Å². The fourth-order valence-electron chi connectivity index (χ4n) is 0. The molecular formula is HAlO2SnZn. The van der Waals surface area contributed by atoms with Gasteiger partial charge in [-0.3, -0.25) is 0 Å². The Morgan fingerprint density at radius 2 is 1.20 bits per heavy atom. The molecule has 0 unspecified atom stereocenters. The zero-order valence-corrected chi connectivity index (χ0v) is 9.97. The summed E-state index contributed by atoms with van der Waals surface area (Å²) in [6.45, 7) is 0. The van der Waals surface area contributed by atoms with E-state index in [1.807, 2.05) is 0 Å². The van der Waals surface area contributed by atoms with Crippen molar-refractivity contribution < 1.29 is 26.4 Å². The molecule has 0 bridgehead atoms. The first-order valence-electron chi connectivity index (χ1n) is 0.493. The SMILES string of the molecule is [O]=[AlH].[O]=[Sn].[Zn]. The third kappa shape index (κ3) is 29.0. The smallest absolute Gasteiger partial charge is 0 e. The predicted molar refractivity (Wildman–Crippen MR) is 14.3 cm³/mol. The van der Waals surface area contributed by atoms with Gasteiger partial charge in [0.1, 0.15) is 0 Å². The van der Waals surface area contributed by atoms with Crippen LogP contribution < -0.4 is 0 Å². The van der Waals surface area contributed by atoms with Gasteiger partial charge in [-0.25, -0.2) is 0 Å². The fraction of sp³-hybridized carbons (Fsp3) is 0. The molecule has 0 spiro atoms. The molecule has 0 heterocycles. The van der Waals surface area contributed by atoms with Gasteiger partial charge in [-0.05, 0) is 0 Å². The quantitative estimate of drug-likeness (QED) is 0.498. The molecule has 0 atom stereocenters. The van der Waals surface area contributed by atoms with Crippen molar-refractivity contribution in [3.63, 3.8) is 0 Å². The second kappa shape index (κ2) is 47.7. The number of hydrogen-bond acceptors (Lipinski definition) is 2. The van der Waals surface area contributed by atoms with Gasteiger partial charge in [-0.15, -0.1) is 0 Å². The monoisotopic (exact) mass is 244 g/mol. The molecule has 5 heavy (non-hydrogen) atoms. The summed E-state index contributed by atoms with van der Waals surface area (Å²) in [7, 11) is 0. The molecule has 0 aliphatic heterocycles. The predicted octanol–water partition coefficient (Wildman–Crippen LogP) is -1.27. The van der Waals surface area contributed by atoms with Crippen LogP contribution in [0.4, 0.5) is 0 Å². The molecule has 0 fully saturated rings. The zero-order valence-electron chi connectivity index (χ0n) is 2.73. The third-order valence-electron chi connectivity index (χ3n) is 0. The third-order valence-corrected chi connectivity index (χ3v) is 0. The van der Waals surface area contributed by atoms with Crippen molar-refractivity contribution in [3.8, 4) is 0 Å². The van der Waals surface area contributed by atoms with Crippen LogP contribution in [0.15, 0.2) is 0 Å². The first kappa shape index (κ1) is 16.0. The Morgan fingerprint density at radius 1 is 1.20 bits per heavy atom. The minimum atomic E-state index is 0. The van der Waals surface area contributed by atoms with Gasteiger partial charge in [0.25, 0.3) is 0 Å². The van der Waals surface area contributed by atoms with Crippen molar-refractivity contribution in [3.05, 3.63) is 0 Å². The molecule has 0 rings (SSSR count). The molecule has 2 radical (unpaired) electrons. The summed E-state index contributed by atoms with van der Waals surface area (Å²) in [4.78, 5) is 0. The van der Waals surface area contributed by atoms with Crippen molar-refractivity contribution >= 4 is 38.7 Å². The second-order valence-corrected chi connectivity index (χ2v) is 0. The van der Waals surface area contributed by atoms with Crippen molar-refractivity contribution in [1.29, 1.82) is 0 Å². The van der Waals surface area contributed by atoms with Crippen LogP contribution in [0.5, 0.6) is 0 Å². The molecule has 0 N–H and O–H groups in total. The van der Waals surface area contributed by atoms with E-state index in [1.54, 1.807) is 0 Å². The first-order valence-corrected chi connectivity index (χ1v) is 2.24. The van der Waals surface area contributed by atoms with Crippen LogP contribution in [0.2, 0.25) is 0 Å². The van der Waals surface area contributed by atoms with Gasteiger partial charge in [0.05, 0.1) is 0 Å². The number of hydrogen-bond donors (Lipinski definition) is 0. The molecule has 2 nitrogen and oxygen atoms in total. The Balaban J connectivity index is -0.0000000133. The molecular weight excluding hydrogens is 243 g/mol. The Labute approximate surface area is 64.6 Å². The molecule has 0 aromatic carbocycles. The maximum atomic E-state index is 8.34. The van der Waals surface area contributed by atoms with E-state index in [9.17, 15) is 0 Å². The Morgan fingerprint density at radius 3 is 1.20 bits per heavy atom. The van der Waals surface area contributed by atoms with E-state index in [4.69, 9.17) is 6.88 Å². The average molecular weight is 244 g/mol. The van der Waals surface area contributed by atoms with E-state index in [-0.39, 0.29) is 19.5 Å².